The van der Waals surface area contributed by atoms with Gasteiger partial charge in [0.05, 0.1) is 11.5 Å². The van der Waals surface area contributed by atoms with Crippen LogP contribution in [0, 0.1) is 0 Å². The van der Waals surface area contributed by atoms with Crippen molar-refractivity contribution in [3.8, 4) is 0 Å². The van der Waals surface area contributed by atoms with Gasteiger partial charge in [-0.25, -0.2) is 13.4 Å². The summed E-state index contributed by atoms with van der Waals surface area (Å²) in [4.78, 5) is 17.5. The molecule has 0 unspecified atom stereocenters. The lowest BCUT2D eigenvalue weighted by atomic mass is 10.2. The van der Waals surface area contributed by atoms with Gasteiger partial charge < -0.3 is 10.6 Å². The maximum absolute atomic E-state index is 12.2. The zero-order chi connectivity index (χ0) is 13.2. The van der Waals surface area contributed by atoms with Crippen LogP contribution in [0.25, 0.3) is 0 Å². The number of rotatable bonds is 1. The van der Waals surface area contributed by atoms with Gasteiger partial charge in [0.1, 0.15) is 5.82 Å². The average Bonchev–Trinajstić information content (AvgIpc) is 2.49. The Bertz CT molecular complexity index is 556. The zero-order valence-corrected chi connectivity index (χ0v) is 10.7. The van der Waals surface area contributed by atoms with Gasteiger partial charge in [-0.15, -0.1) is 0 Å². The molecule has 18 heavy (non-hydrogen) atoms. The van der Waals surface area contributed by atoms with Crippen molar-refractivity contribution in [2.45, 2.75) is 6.42 Å². The Morgan fingerprint density at radius 3 is 2.83 bits per heavy atom. The molecule has 98 valence electrons. The molecule has 0 aromatic carbocycles. The highest BCUT2D eigenvalue weighted by Gasteiger charge is 2.23. The number of amides is 1. The molecule has 1 aliphatic heterocycles. The molecule has 1 fully saturated rings. The van der Waals surface area contributed by atoms with E-state index in [0.29, 0.717) is 18.5 Å². The van der Waals surface area contributed by atoms with Gasteiger partial charge in [-0.05, 0) is 18.6 Å². The summed E-state index contributed by atoms with van der Waals surface area (Å²) in [5.41, 5.74) is 5.97. The number of nitrogens with zero attached hydrogens (tertiary/aromatic N) is 2. The number of hydrogen-bond donors (Lipinski definition) is 1. The lowest BCUT2D eigenvalue weighted by molar-refractivity contribution is 0.0768. The SMILES string of the molecule is Nc1cc(C(=O)N2CCCS(=O)(=O)CC2)ccn1. The van der Waals surface area contributed by atoms with Crippen molar-refractivity contribution in [1.82, 2.24) is 9.88 Å². The monoisotopic (exact) mass is 269 g/mol. The average molecular weight is 269 g/mol. The number of anilines is 1. The molecule has 1 aliphatic rings. The minimum atomic E-state index is -3.01. The number of carbonyl (C=O) groups excluding carboxylic acids is 1. The number of nitrogen functional groups attached to an aromatic ring is 1. The maximum Gasteiger partial charge on any atom is 0.254 e. The predicted octanol–water partition coefficient (Wildman–Crippen LogP) is -0.0755. The van der Waals surface area contributed by atoms with E-state index < -0.39 is 9.84 Å². The summed E-state index contributed by atoms with van der Waals surface area (Å²) >= 11 is 0. The fourth-order valence-electron chi connectivity index (χ4n) is 1.91. The van der Waals surface area contributed by atoms with Gasteiger partial charge in [-0.3, -0.25) is 4.79 Å². The van der Waals surface area contributed by atoms with Gasteiger partial charge in [0.15, 0.2) is 9.84 Å². The predicted molar refractivity (Wildman–Crippen MR) is 67.8 cm³/mol. The zero-order valence-electron chi connectivity index (χ0n) is 9.87. The van der Waals surface area contributed by atoms with Crippen LogP contribution in [0.15, 0.2) is 18.3 Å². The standard InChI is InChI=1S/C11H15N3O3S/c12-10-8-9(2-3-13-10)11(15)14-4-1-6-18(16,17)7-5-14/h2-3,8H,1,4-7H2,(H2,12,13). The highest BCUT2D eigenvalue weighted by Crippen LogP contribution is 2.11. The first-order chi connectivity index (χ1) is 8.48. The van der Waals surface area contributed by atoms with Crippen LogP contribution in [0.1, 0.15) is 16.8 Å². The van der Waals surface area contributed by atoms with Crippen LogP contribution in [0.3, 0.4) is 0 Å². The second-order valence-electron chi connectivity index (χ2n) is 4.27. The van der Waals surface area contributed by atoms with Crippen molar-refractivity contribution in [3.63, 3.8) is 0 Å². The van der Waals surface area contributed by atoms with E-state index in [1.54, 1.807) is 11.0 Å². The van der Waals surface area contributed by atoms with E-state index in [-0.39, 0.29) is 29.8 Å². The highest BCUT2D eigenvalue weighted by atomic mass is 32.2. The molecule has 0 atom stereocenters. The van der Waals surface area contributed by atoms with Crippen molar-refractivity contribution < 1.29 is 13.2 Å². The van der Waals surface area contributed by atoms with Gasteiger partial charge in [-0.1, -0.05) is 0 Å². The van der Waals surface area contributed by atoms with Crippen molar-refractivity contribution in [2.75, 3.05) is 30.3 Å². The van der Waals surface area contributed by atoms with Gasteiger partial charge in [0.2, 0.25) is 0 Å². The summed E-state index contributed by atoms with van der Waals surface area (Å²) in [5, 5.41) is 0. The Kier molecular flexibility index (Phi) is 3.51. The molecule has 2 rings (SSSR count). The molecular formula is C11H15N3O3S. The van der Waals surface area contributed by atoms with Gasteiger partial charge in [0.25, 0.3) is 5.91 Å². The molecule has 2 heterocycles. The topological polar surface area (TPSA) is 93.4 Å². The van der Waals surface area contributed by atoms with Crippen LogP contribution in [-0.2, 0) is 9.84 Å². The normalized spacial score (nSPS) is 19.2. The molecule has 7 heteroatoms. The van der Waals surface area contributed by atoms with Gasteiger partial charge in [0, 0.05) is 24.8 Å². The third kappa shape index (κ3) is 2.98. The lowest BCUT2D eigenvalue weighted by Crippen LogP contribution is -2.33. The van der Waals surface area contributed by atoms with E-state index in [4.69, 9.17) is 5.73 Å². The summed E-state index contributed by atoms with van der Waals surface area (Å²) < 4.78 is 22.9. The summed E-state index contributed by atoms with van der Waals surface area (Å²) in [6.07, 6.45) is 1.95. The molecule has 0 spiro atoms. The summed E-state index contributed by atoms with van der Waals surface area (Å²) in [7, 11) is -3.01. The number of hydrogen-bond acceptors (Lipinski definition) is 5. The number of pyridine rings is 1. The van der Waals surface area contributed by atoms with Crippen LogP contribution in [0.4, 0.5) is 5.82 Å². The number of aromatic nitrogens is 1. The Hall–Kier alpha value is -1.63. The lowest BCUT2D eigenvalue weighted by Gasteiger charge is -2.19. The molecule has 1 aromatic heterocycles. The summed E-state index contributed by atoms with van der Waals surface area (Å²) in [5.74, 6) is 0.263. The molecule has 1 aromatic rings. The smallest absolute Gasteiger partial charge is 0.254 e. The highest BCUT2D eigenvalue weighted by molar-refractivity contribution is 7.91. The van der Waals surface area contributed by atoms with E-state index in [9.17, 15) is 13.2 Å². The van der Waals surface area contributed by atoms with Crippen LogP contribution in [-0.4, -0.2) is 48.8 Å². The Balaban J connectivity index is 2.14. The van der Waals surface area contributed by atoms with Crippen molar-refractivity contribution >= 4 is 21.6 Å². The second kappa shape index (κ2) is 4.93. The summed E-state index contributed by atoms with van der Waals surface area (Å²) in [6.45, 7) is 0.698. The van der Waals surface area contributed by atoms with Gasteiger partial charge in [-0.2, -0.15) is 0 Å². The largest absolute Gasteiger partial charge is 0.384 e. The Morgan fingerprint density at radius 2 is 2.11 bits per heavy atom. The fourth-order valence-corrected chi connectivity index (χ4v) is 3.18. The van der Waals surface area contributed by atoms with Gasteiger partial charge >= 0.3 is 0 Å². The van der Waals surface area contributed by atoms with E-state index in [1.165, 1.54) is 12.3 Å². The maximum atomic E-state index is 12.2. The molecule has 0 saturated carbocycles. The molecule has 0 radical (unpaired) electrons. The van der Waals surface area contributed by atoms with Crippen molar-refractivity contribution in [2.24, 2.45) is 0 Å². The molecule has 0 aliphatic carbocycles. The Labute approximate surface area is 106 Å². The van der Waals surface area contributed by atoms with Crippen molar-refractivity contribution in [3.05, 3.63) is 23.9 Å². The number of nitrogens with two attached hydrogens (primary N) is 1. The van der Waals surface area contributed by atoms with Crippen molar-refractivity contribution in [1.29, 1.82) is 0 Å². The molecule has 1 saturated heterocycles. The van der Waals surface area contributed by atoms with E-state index in [1.807, 2.05) is 0 Å². The first-order valence-corrected chi connectivity index (χ1v) is 7.51. The van der Waals surface area contributed by atoms with Crippen LogP contribution < -0.4 is 5.73 Å². The van der Waals surface area contributed by atoms with Crippen LogP contribution in [0.5, 0.6) is 0 Å². The third-order valence-electron chi connectivity index (χ3n) is 2.87. The second-order valence-corrected chi connectivity index (χ2v) is 6.57. The summed E-state index contributed by atoms with van der Waals surface area (Å²) in [6, 6.07) is 3.08. The minimum Gasteiger partial charge on any atom is -0.384 e. The molecule has 6 nitrogen and oxygen atoms in total. The van der Waals surface area contributed by atoms with E-state index in [0.717, 1.165) is 0 Å². The number of carbonyl (C=O) groups is 1. The molecule has 0 bridgehead atoms. The van der Waals surface area contributed by atoms with Crippen LogP contribution >= 0.6 is 0 Å². The van der Waals surface area contributed by atoms with E-state index >= 15 is 0 Å². The van der Waals surface area contributed by atoms with Crippen LogP contribution in [0.2, 0.25) is 0 Å². The first kappa shape index (κ1) is 12.8. The molecule has 1 amide bonds. The number of sulfone groups is 1. The quantitative estimate of drug-likeness (QED) is 0.770. The van der Waals surface area contributed by atoms with E-state index in [2.05, 4.69) is 4.98 Å². The first-order valence-electron chi connectivity index (χ1n) is 5.69. The fraction of sp³-hybridized carbons (Fsp3) is 0.455. The minimum absolute atomic E-state index is 0.0271. The molecule has 2 N–H and O–H groups in total. The molecular weight excluding hydrogens is 254 g/mol. The Morgan fingerprint density at radius 1 is 1.33 bits per heavy atom. The third-order valence-corrected chi connectivity index (χ3v) is 4.59.